The summed E-state index contributed by atoms with van der Waals surface area (Å²) in [6.45, 7) is 3.07. The molecule has 0 unspecified atom stereocenters. The Labute approximate surface area is 66.6 Å². The van der Waals surface area contributed by atoms with Crippen LogP contribution < -0.4 is 0 Å². The summed E-state index contributed by atoms with van der Waals surface area (Å²) in [6, 6.07) is 0. The summed E-state index contributed by atoms with van der Waals surface area (Å²) in [5.74, 6) is 0. The van der Waals surface area contributed by atoms with E-state index in [-0.39, 0.29) is 20.1 Å². The smallest absolute Gasteiger partial charge is 0.101 e. The molecule has 55 valence electrons. The maximum Gasteiger partial charge on any atom is 0.101 e. The Kier molecular flexibility index (Phi) is 7.24. The summed E-state index contributed by atoms with van der Waals surface area (Å²) in [7, 11) is 0. The summed E-state index contributed by atoms with van der Waals surface area (Å²) < 4.78 is 0. The summed E-state index contributed by atoms with van der Waals surface area (Å²) in [6.07, 6.45) is 0. The third-order valence-corrected chi connectivity index (χ3v) is 0.824. The van der Waals surface area contributed by atoms with E-state index in [2.05, 4.69) is 10.3 Å². The third-order valence-electron chi connectivity index (χ3n) is 0.824. The molecule has 0 aromatic rings. The summed E-state index contributed by atoms with van der Waals surface area (Å²) >= 11 is 0. The van der Waals surface area contributed by atoms with Gasteiger partial charge in [-0.15, -0.1) is 0 Å². The number of hydrogen-bond donors (Lipinski definition) is 2. The van der Waals surface area contributed by atoms with E-state index in [1.165, 1.54) is 13.8 Å². The van der Waals surface area contributed by atoms with E-state index in [0.29, 0.717) is 11.4 Å². The molecule has 0 rings (SSSR count). The molecule has 0 aliphatic carbocycles. The van der Waals surface area contributed by atoms with Crippen LogP contribution in [0.4, 0.5) is 0 Å². The summed E-state index contributed by atoms with van der Waals surface area (Å²) in [5.41, 5.74) is 0.625. The first-order chi connectivity index (χ1) is 3.72. The molecule has 5 heteroatoms. The van der Waals surface area contributed by atoms with E-state index < -0.39 is 0 Å². The quantitative estimate of drug-likeness (QED) is 0.425. The second-order valence-corrected chi connectivity index (χ2v) is 1.37. The average molecular weight is 308 g/mol. The Morgan fingerprint density at radius 3 is 1.33 bits per heavy atom. The van der Waals surface area contributed by atoms with Crippen molar-refractivity contribution in [3.8, 4) is 0 Å². The summed E-state index contributed by atoms with van der Waals surface area (Å²) in [5, 5.41) is 21.6. The van der Waals surface area contributed by atoms with E-state index in [0.717, 1.165) is 0 Å². The van der Waals surface area contributed by atoms with Gasteiger partial charge in [0, 0.05) is 20.1 Å². The van der Waals surface area contributed by atoms with Crippen LogP contribution in [0.25, 0.3) is 0 Å². The van der Waals surface area contributed by atoms with Crippen LogP contribution in [0.2, 0.25) is 0 Å². The van der Waals surface area contributed by atoms with E-state index >= 15 is 0 Å². The van der Waals surface area contributed by atoms with Gasteiger partial charge in [0.1, 0.15) is 11.4 Å². The fourth-order valence-corrected chi connectivity index (χ4v) is 0.145. The Morgan fingerprint density at radius 1 is 1.00 bits per heavy atom. The third kappa shape index (κ3) is 4.12. The molecule has 9 heavy (non-hydrogen) atoms. The van der Waals surface area contributed by atoms with Crippen LogP contribution in [0.5, 0.6) is 0 Å². The maximum atomic E-state index is 8.03. The molecule has 0 heterocycles. The van der Waals surface area contributed by atoms with Crippen LogP contribution in [0, 0.1) is 0 Å². The van der Waals surface area contributed by atoms with Gasteiger partial charge in [-0.3, -0.25) is 0 Å². The van der Waals surface area contributed by atoms with Gasteiger partial charge in [-0.1, -0.05) is 10.3 Å². The van der Waals surface area contributed by atoms with Gasteiger partial charge in [-0.25, -0.2) is 0 Å². The molecule has 0 amide bonds. The molecule has 0 bridgehead atoms. The minimum atomic E-state index is 0. The van der Waals surface area contributed by atoms with E-state index in [4.69, 9.17) is 10.4 Å². The van der Waals surface area contributed by atoms with Crippen LogP contribution in [0.1, 0.15) is 13.8 Å². The van der Waals surface area contributed by atoms with E-state index in [1.807, 2.05) is 0 Å². The van der Waals surface area contributed by atoms with Gasteiger partial charge in [0.15, 0.2) is 0 Å². The zero-order chi connectivity index (χ0) is 6.57. The van der Waals surface area contributed by atoms with Gasteiger partial charge in [0.25, 0.3) is 0 Å². The summed E-state index contributed by atoms with van der Waals surface area (Å²) in [4.78, 5) is 0. The van der Waals surface area contributed by atoms with Gasteiger partial charge in [-0.05, 0) is 13.8 Å². The molecule has 0 atom stereocenters. The van der Waals surface area contributed by atoms with Gasteiger partial charge in [-0.2, -0.15) is 0 Å². The molecule has 2 N–H and O–H groups in total. The fraction of sp³-hybridized carbons (Fsp3) is 0.500. The van der Waals surface area contributed by atoms with Crippen molar-refractivity contribution in [1.82, 2.24) is 0 Å². The second-order valence-electron chi connectivity index (χ2n) is 1.37. The van der Waals surface area contributed by atoms with Gasteiger partial charge in [0.05, 0.1) is 0 Å². The Hall–Kier alpha value is -0.411. The molecule has 0 fully saturated rings. The zero-order valence-electron chi connectivity index (χ0n) is 5.12. The van der Waals surface area contributed by atoms with Crippen LogP contribution in [-0.2, 0) is 20.1 Å². The fourth-order valence-electron chi connectivity index (χ4n) is 0.145. The molecule has 0 aromatic heterocycles. The monoisotopic (exact) mass is 309 g/mol. The number of hydrogen-bond acceptors (Lipinski definition) is 4. The van der Waals surface area contributed by atoms with Crippen LogP contribution in [-0.4, -0.2) is 21.8 Å². The normalized spacial score (nSPS) is 12.7. The van der Waals surface area contributed by atoms with Gasteiger partial charge >= 0.3 is 0 Å². The predicted molar refractivity (Wildman–Crippen MR) is 29.8 cm³/mol. The van der Waals surface area contributed by atoms with Gasteiger partial charge < -0.3 is 10.4 Å². The van der Waals surface area contributed by atoms with Crippen molar-refractivity contribution in [3.05, 3.63) is 0 Å². The first-order valence-corrected chi connectivity index (χ1v) is 2.10. The molecule has 4 nitrogen and oxygen atoms in total. The van der Waals surface area contributed by atoms with Crippen molar-refractivity contribution in [2.45, 2.75) is 13.8 Å². The van der Waals surface area contributed by atoms with Crippen molar-refractivity contribution < 1.29 is 30.5 Å². The molecule has 0 aromatic carbocycles. The first-order valence-electron chi connectivity index (χ1n) is 2.10. The first kappa shape index (κ1) is 11.4. The predicted octanol–water partition coefficient (Wildman–Crippen LogP) is 0.684. The molecule has 1 radical (unpaired) electrons. The number of rotatable bonds is 1. The number of oxime groups is 2. The van der Waals surface area contributed by atoms with Crippen LogP contribution in [0.15, 0.2) is 10.3 Å². The van der Waals surface area contributed by atoms with Crippen LogP contribution >= 0.6 is 0 Å². The standard InChI is InChI=1S/C4H8N2O2.Ir/c1-3(5-7)4(2)6-8;/h7-8H,1-2H3;. The molecule has 0 spiro atoms. The topological polar surface area (TPSA) is 65.2 Å². The molecule has 0 aliphatic heterocycles. The van der Waals surface area contributed by atoms with E-state index in [1.54, 1.807) is 0 Å². The second kappa shape index (κ2) is 5.72. The van der Waals surface area contributed by atoms with Crippen molar-refractivity contribution in [1.29, 1.82) is 0 Å². The average Bonchev–Trinajstić information content (AvgIpc) is 1.84. The SMILES string of the molecule is CC(=NO)C(C)=NO.[Ir]. The Balaban J connectivity index is 0. The molecule has 0 saturated heterocycles. The molecule has 0 saturated carbocycles. The van der Waals surface area contributed by atoms with E-state index in [9.17, 15) is 0 Å². The molecular formula is C4H8IrN2O2. The Morgan fingerprint density at radius 2 is 1.22 bits per heavy atom. The zero-order valence-corrected chi connectivity index (χ0v) is 7.52. The minimum Gasteiger partial charge on any atom is -0.411 e. The molecular weight excluding hydrogens is 300 g/mol. The van der Waals surface area contributed by atoms with Crippen molar-refractivity contribution >= 4 is 11.4 Å². The van der Waals surface area contributed by atoms with Gasteiger partial charge in [0.2, 0.25) is 0 Å². The largest absolute Gasteiger partial charge is 0.411 e. The molecule has 0 aliphatic rings. The minimum absolute atomic E-state index is 0. The Bertz CT molecular complexity index is 117. The van der Waals surface area contributed by atoms with Crippen molar-refractivity contribution in [2.24, 2.45) is 10.3 Å². The van der Waals surface area contributed by atoms with Crippen molar-refractivity contribution in [2.75, 3.05) is 0 Å². The van der Waals surface area contributed by atoms with Crippen LogP contribution in [0.3, 0.4) is 0 Å². The van der Waals surface area contributed by atoms with Crippen molar-refractivity contribution in [3.63, 3.8) is 0 Å². The number of nitrogens with zero attached hydrogens (tertiary/aromatic N) is 2. The maximum absolute atomic E-state index is 8.03.